The largest absolute Gasteiger partial charge is 0.456 e. The van der Waals surface area contributed by atoms with Crippen LogP contribution in [0.2, 0.25) is 0 Å². The molecule has 0 fully saturated rings. The third-order valence-electron chi connectivity index (χ3n) is 11.2. The van der Waals surface area contributed by atoms with E-state index in [2.05, 4.69) is 185 Å². The zero-order chi connectivity index (χ0) is 36.7. The van der Waals surface area contributed by atoms with E-state index >= 15 is 0 Å². The summed E-state index contributed by atoms with van der Waals surface area (Å²) in [5, 5.41) is 10.5. The van der Waals surface area contributed by atoms with Crippen LogP contribution in [-0.2, 0) is 0 Å². The van der Waals surface area contributed by atoms with Crippen LogP contribution in [0.4, 0.5) is 17.1 Å². The van der Waals surface area contributed by atoms with Crippen LogP contribution in [0.25, 0.3) is 91.8 Å². The molecule has 12 aromatic rings. The first kappa shape index (κ1) is 31.2. The van der Waals surface area contributed by atoms with Crippen molar-refractivity contribution in [3.63, 3.8) is 0 Å². The fourth-order valence-electron chi connectivity index (χ4n) is 8.61. The zero-order valence-corrected chi connectivity index (χ0v) is 30.9. The quantitative estimate of drug-likeness (QED) is 0.165. The van der Waals surface area contributed by atoms with Crippen molar-refractivity contribution in [3.05, 3.63) is 188 Å². The molecule has 0 radical (unpaired) electrons. The Balaban J connectivity index is 1.10. The van der Waals surface area contributed by atoms with Gasteiger partial charge in [0.15, 0.2) is 0 Å². The second kappa shape index (κ2) is 12.2. The first-order valence-corrected chi connectivity index (χ1v) is 19.7. The molecule has 4 nitrogen and oxygen atoms in total. The van der Waals surface area contributed by atoms with Crippen molar-refractivity contribution >= 4 is 104 Å². The number of thiazole rings is 1. The van der Waals surface area contributed by atoms with E-state index in [4.69, 9.17) is 9.40 Å². The Hall–Kier alpha value is -7.21. The number of para-hydroxylation sites is 3. The maximum Gasteiger partial charge on any atom is 0.137 e. The van der Waals surface area contributed by atoms with E-state index in [-0.39, 0.29) is 0 Å². The Labute approximate surface area is 325 Å². The van der Waals surface area contributed by atoms with Gasteiger partial charge >= 0.3 is 0 Å². The SMILES string of the molecule is c1ccc(-c2nc3ccc4c5cc(N(c6ccc7c(c6)oc6ccccc67)c6ccc7c8ccccc8n(-c8ccccc8)c7c6)ccc5ccc4c3s2)cc1. The van der Waals surface area contributed by atoms with Crippen LogP contribution in [-0.4, -0.2) is 9.55 Å². The normalized spacial score (nSPS) is 11.9. The molecule has 9 aromatic carbocycles. The zero-order valence-electron chi connectivity index (χ0n) is 30.1. The van der Waals surface area contributed by atoms with Crippen LogP contribution < -0.4 is 4.90 Å². The molecule has 0 aliphatic carbocycles. The average molecular weight is 734 g/mol. The highest BCUT2D eigenvalue weighted by Gasteiger charge is 2.20. The number of rotatable bonds is 5. The van der Waals surface area contributed by atoms with Gasteiger partial charge in [-0.25, -0.2) is 4.98 Å². The topological polar surface area (TPSA) is 34.2 Å². The van der Waals surface area contributed by atoms with E-state index in [1.807, 2.05) is 12.1 Å². The van der Waals surface area contributed by atoms with E-state index in [0.717, 1.165) is 66.3 Å². The number of fused-ring (bicyclic) bond motifs is 11. The highest BCUT2D eigenvalue weighted by Crippen LogP contribution is 2.44. The third-order valence-corrected chi connectivity index (χ3v) is 12.3. The fourth-order valence-corrected chi connectivity index (χ4v) is 9.70. The van der Waals surface area contributed by atoms with Crippen molar-refractivity contribution in [1.82, 2.24) is 9.55 Å². The van der Waals surface area contributed by atoms with Crippen molar-refractivity contribution in [3.8, 4) is 16.3 Å². The number of hydrogen-bond acceptors (Lipinski definition) is 4. The predicted molar refractivity (Wildman–Crippen MR) is 236 cm³/mol. The van der Waals surface area contributed by atoms with Crippen molar-refractivity contribution in [2.24, 2.45) is 0 Å². The lowest BCUT2D eigenvalue weighted by Gasteiger charge is -2.26. The highest BCUT2D eigenvalue weighted by molar-refractivity contribution is 7.22. The predicted octanol–water partition coefficient (Wildman–Crippen LogP) is 14.7. The van der Waals surface area contributed by atoms with Crippen LogP contribution in [0.3, 0.4) is 0 Å². The maximum atomic E-state index is 6.47. The van der Waals surface area contributed by atoms with Crippen LogP contribution in [0, 0.1) is 0 Å². The lowest BCUT2D eigenvalue weighted by molar-refractivity contribution is 0.669. The van der Waals surface area contributed by atoms with Gasteiger partial charge in [0, 0.05) is 61.3 Å². The summed E-state index contributed by atoms with van der Waals surface area (Å²) in [6, 6.07) is 67.3. The van der Waals surface area contributed by atoms with Crippen LogP contribution in [0.15, 0.2) is 192 Å². The summed E-state index contributed by atoms with van der Waals surface area (Å²) in [5.74, 6) is 0. The monoisotopic (exact) mass is 733 g/mol. The number of nitrogens with zero attached hydrogens (tertiary/aromatic N) is 3. The van der Waals surface area contributed by atoms with E-state index < -0.39 is 0 Å². The standard InChI is InChI=1S/C51H31N3OS/c1-3-11-33(12-4-1)51-52-45-28-27-38-43(50(45)56-51)24-20-32-19-21-35(29-44(32)38)53(37-23-26-42-41-16-8-10-18-48(41)55-49(42)31-37)36-22-25-40-39-15-7-9-17-46(39)54(47(40)30-36)34-13-5-2-6-14-34/h1-31H. The molecule has 0 saturated heterocycles. The van der Waals surface area contributed by atoms with Crippen molar-refractivity contribution < 1.29 is 4.42 Å². The van der Waals surface area contributed by atoms with E-state index in [0.29, 0.717) is 0 Å². The second-order valence-electron chi connectivity index (χ2n) is 14.4. The maximum absolute atomic E-state index is 6.47. The first-order valence-electron chi connectivity index (χ1n) is 18.9. The smallest absolute Gasteiger partial charge is 0.137 e. The lowest BCUT2D eigenvalue weighted by atomic mass is 10.0. The summed E-state index contributed by atoms with van der Waals surface area (Å²) in [5.41, 5.74) is 10.5. The van der Waals surface area contributed by atoms with Gasteiger partial charge in [-0.2, -0.15) is 0 Å². The molecule has 262 valence electrons. The van der Waals surface area contributed by atoms with E-state index in [9.17, 15) is 0 Å². The Morgan fingerprint density at radius 1 is 0.446 bits per heavy atom. The van der Waals surface area contributed by atoms with Gasteiger partial charge in [-0.05, 0) is 82.9 Å². The third kappa shape index (κ3) is 4.75. The summed E-state index contributed by atoms with van der Waals surface area (Å²) >= 11 is 1.76. The molecular formula is C51H31N3OS. The van der Waals surface area contributed by atoms with Crippen molar-refractivity contribution in [2.75, 3.05) is 4.90 Å². The minimum atomic E-state index is 0.862. The lowest BCUT2D eigenvalue weighted by Crippen LogP contribution is -2.10. The Morgan fingerprint density at radius 3 is 1.95 bits per heavy atom. The molecule has 3 heterocycles. The van der Waals surface area contributed by atoms with Gasteiger partial charge in [-0.3, -0.25) is 0 Å². The van der Waals surface area contributed by atoms with Gasteiger partial charge < -0.3 is 13.9 Å². The molecule has 0 saturated carbocycles. The summed E-state index contributed by atoms with van der Waals surface area (Å²) in [4.78, 5) is 7.42. The molecule has 0 unspecified atom stereocenters. The van der Waals surface area contributed by atoms with Gasteiger partial charge in [0.25, 0.3) is 0 Å². The van der Waals surface area contributed by atoms with Crippen LogP contribution in [0.1, 0.15) is 0 Å². The molecule has 3 aromatic heterocycles. The Morgan fingerprint density at radius 2 is 1.07 bits per heavy atom. The Bertz CT molecular complexity index is 3490. The van der Waals surface area contributed by atoms with Crippen molar-refractivity contribution in [2.45, 2.75) is 0 Å². The van der Waals surface area contributed by atoms with Gasteiger partial charge in [-0.15, -0.1) is 11.3 Å². The van der Waals surface area contributed by atoms with Crippen LogP contribution >= 0.6 is 11.3 Å². The molecular weight excluding hydrogens is 703 g/mol. The highest BCUT2D eigenvalue weighted by atomic mass is 32.1. The van der Waals surface area contributed by atoms with E-state index in [1.165, 1.54) is 42.5 Å². The number of benzene rings is 9. The molecule has 0 aliphatic heterocycles. The van der Waals surface area contributed by atoms with Gasteiger partial charge in [0.2, 0.25) is 0 Å². The number of furan rings is 1. The van der Waals surface area contributed by atoms with Gasteiger partial charge in [0.05, 0.1) is 21.3 Å². The summed E-state index contributed by atoms with van der Waals surface area (Å²) in [6.07, 6.45) is 0. The molecule has 56 heavy (non-hydrogen) atoms. The molecule has 0 amide bonds. The molecule has 0 N–H and O–H groups in total. The molecule has 0 atom stereocenters. The summed E-state index contributed by atoms with van der Waals surface area (Å²) < 4.78 is 10.1. The number of aromatic nitrogens is 2. The summed E-state index contributed by atoms with van der Waals surface area (Å²) in [6.45, 7) is 0. The molecule has 0 aliphatic rings. The van der Waals surface area contributed by atoms with E-state index in [1.54, 1.807) is 11.3 Å². The molecule has 5 heteroatoms. The van der Waals surface area contributed by atoms with Gasteiger partial charge in [0.1, 0.15) is 16.2 Å². The summed E-state index contributed by atoms with van der Waals surface area (Å²) in [7, 11) is 0. The minimum absolute atomic E-state index is 0.862. The van der Waals surface area contributed by atoms with Crippen LogP contribution in [0.5, 0.6) is 0 Å². The number of hydrogen-bond donors (Lipinski definition) is 0. The number of anilines is 3. The fraction of sp³-hybridized carbons (Fsp3) is 0. The minimum Gasteiger partial charge on any atom is -0.456 e. The first-order chi connectivity index (χ1) is 27.7. The van der Waals surface area contributed by atoms with Crippen molar-refractivity contribution in [1.29, 1.82) is 0 Å². The molecule has 12 rings (SSSR count). The molecule has 0 spiro atoms. The average Bonchev–Trinajstić information content (AvgIpc) is 3.96. The second-order valence-corrected chi connectivity index (χ2v) is 15.4. The van der Waals surface area contributed by atoms with Gasteiger partial charge in [-0.1, -0.05) is 115 Å². The Kier molecular flexibility index (Phi) is 6.76. The molecule has 0 bridgehead atoms.